The van der Waals surface area contributed by atoms with E-state index in [2.05, 4.69) is 9.97 Å². The van der Waals surface area contributed by atoms with Crippen LogP contribution in [0.5, 0.6) is 11.5 Å². The van der Waals surface area contributed by atoms with Gasteiger partial charge in [0.2, 0.25) is 0 Å². The first-order valence-corrected chi connectivity index (χ1v) is 7.48. The third-order valence-electron chi connectivity index (χ3n) is 3.11. The number of hydrogen-bond donors (Lipinski definition) is 0. The van der Waals surface area contributed by atoms with Crippen molar-refractivity contribution in [3.8, 4) is 22.2 Å². The number of hydrogen-bond acceptors (Lipinski definition) is 5. The Balaban J connectivity index is 2.27. The predicted octanol–water partition coefficient (Wildman–Crippen LogP) is 4.34. The van der Waals surface area contributed by atoms with Gasteiger partial charge in [-0.2, -0.15) is 0 Å². The van der Waals surface area contributed by atoms with Gasteiger partial charge in [-0.15, -0.1) is 11.3 Å². The first-order valence-electron chi connectivity index (χ1n) is 6.28. The van der Waals surface area contributed by atoms with Crippen LogP contribution >= 0.6 is 22.9 Å². The zero-order valence-electron chi connectivity index (χ0n) is 11.8. The number of ether oxygens (including phenoxy) is 2. The summed E-state index contributed by atoms with van der Waals surface area (Å²) in [5.41, 5.74) is 0.680. The maximum Gasteiger partial charge on any atom is 0.171 e. The number of thiophene rings is 1. The van der Waals surface area contributed by atoms with Crippen molar-refractivity contribution in [2.75, 3.05) is 14.2 Å². The van der Waals surface area contributed by atoms with Crippen molar-refractivity contribution in [2.24, 2.45) is 0 Å². The van der Waals surface area contributed by atoms with E-state index in [1.54, 1.807) is 31.6 Å². The molecule has 6 heteroatoms. The fraction of sp³-hybridized carbons (Fsp3) is 0.200. The van der Waals surface area contributed by atoms with Gasteiger partial charge in [-0.3, -0.25) is 0 Å². The summed E-state index contributed by atoms with van der Waals surface area (Å²) in [4.78, 5) is 11.2. The largest absolute Gasteiger partial charge is 0.497 e. The lowest BCUT2D eigenvalue weighted by Gasteiger charge is -2.10. The van der Waals surface area contributed by atoms with E-state index in [9.17, 15) is 0 Å². The Morgan fingerprint density at radius 3 is 2.52 bits per heavy atom. The smallest absolute Gasteiger partial charge is 0.171 e. The summed E-state index contributed by atoms with van der Waals surface area (Å²) in [6.45, 7) is 2.04. The highest BCUT2D eigenvalue weighted by molar-refractivity contribution is 7.15. The molecule has 3 aromatic rings. The minimum absolute atomic E-state index is 0.387. The molecule has 3 rings (SSSR count). The van der Waals surface area contributed by atoms with E-state index in [-0.39, 0.29) is 0 Å². The van der Waals surface area contributed by atoms with Crippen LogP contribution in [0.2, 0.25) is 5.15 Å². The van der Waals surface area contributed by atoms with Crippen molar-refractivity contribution < 1.29 is 9.47 Å². The van der Waals surface area contributed by atoms with E-state index in [1.165, 1.54) is 4.88 Å². The molecule has 2 aromatic heterocycles. The number of aromatic nitrogens is 2. The standard InChI is InChI=1S/C15H13ClN2O2S/c1-8-4-5-12(21-8)15-17-13-10(14(16)18-15)6-9(19-2)7-11(13)20-3/h4-7H,1-3H3. The van der Waals surface area contributed by atoms with E-state index in [0.717, 1.165) is 4.88 Å². The molecule has 0 aliphatic rings. The summed E-state index contributed by atoms with van der Waals surface area (Å²) in [6.07, 6.45) is 0. The van der Waals surface area contributed by atoms with Crippen LogP contribution in [0.25, 0.3) is 21.6 Å². The van der Waals surface area contributed by atoms with E-state index >= 15 is 0 Å². The van der Waals surface area contributed by atoms with Crippen LogP contribution < -0.4 is 9.47 Å². The molecule has 21 heavy (non-hydrogen) atoms. The number of methoxy groups -OCH3 is 2. The monoisotopic (exact) mass is 320 g/mol. The molecule has 0 saturated carbocycles. The molecular formula is C15H13ClN2O2S. The van der Waals surface area contributed by atoms with Gasteiger partial charge in [-0.05, 0) is 25.1 Å². The number of fused-ring (bicyclic) bond motifs is 1. The minimum atomic E-state index is 0.387. The topological polar surface area (TPSA) is 44.2 Å². The average molecular weight is 321 g/mol. The van der Waals surface area contributed by atoms with Crippen LogP contribution in [0.15, 0.2) is 24.3 Å². The molecule has 0 fully saturated rings. The Kier molecular flexibility index (Phi) is 3.69. The Labute approximate surface area is 131 Å². The third-order valence-corrected chi connectivity index (χ3v) is 4.39. The molecule has 0 amide bonds. The van der Waals surface area contributed by atoms with Gasteiger partial charge in [0.25, 0.3) is 0 Å². The van der Waals surface area contributed by atoms with Gasteiger partial charge in [0, 0.05) is 16.3 Å². The molecule has 0 atom stereocenters. The Morgan fingerprint density at radius 1 is 1.10 bits per heavy atom. The number of rotatable bonds is 3. The van der Waals surface area contributed by atoms with Crippen LogP contribution in [-0.4, -0.2) is 24.2 Å². The van der Waals surface area contributed by atoms with Crippen LogP contribution in [0.4, 0.5) is 0 Å². The fourth-order valence-electron chi connectivity index (χ4n) is 2.08. The number of aryl methyl sites for hydroxylation is 1. The lowest BCUT2D eigenvalue weighted by molar-refractivity contribution is 0.397. The first kappa shape index (κ1) is 14.1. The molecule has 2 heterocycles. The zero-order chi connectivity index (χ0) is 15.0. The second kappa shape index (κ2) is 5.50. The highest BCUT2D eigenvalue weighted by Gasteiger charge is 2.14. The van der Waals surface area contributed by atoms with Gasteiger partial charge in [0.15, 0.2) is 5.82 Å². The average Bonchev–Trinajstić information content (AvgIpc) is 2.92. The molecule has 1 aromatic carbocycles. The quantitative estimate of drug-likeness (QED) is 0.673. The molecule has 0 bridgehead atoms. The maximum absolute atomic E-state index is 6.32. The second-order valence-corrected chi connectivity index (χ2v) is 6.12. The number of nitrogens with zero attached hydrogens (tertiary/aromatic N) is 2. The predicted molar refractivity (Wildman–Crippen MR) is 85.7 cm³/mol. The van der Waals surface area contributed by atoms with Gasteiger partial charge in [0.1, 0.15) is 22.2 Å². The fourth-order valence-corrected chi connectivity index (χ4v) is 3.10. The highest BCUT2D eigenvalue weighted by atomic mass is 35.5. The Bertz CT molecular complexity index is 817. The van der Waals surface area contributed by atoms with Crippen LogP contribution in [0.3, 0.4) is 0 Å². The second-order valence-electron chi connectivity index (χ2n) is 4.47. The maximum atomic E-state index is 6.32. The summed E-state index contributed by atoms with van der Waals surface area (Å²) in [5, 5.41) is 1.10. The van der Waals surface area contributed by atoms with Crippen molar-refractivity contribution >= 4 is 33.8 Å². The minimum Gasteiger partial charge on any atom is -0.497 e. The van der Waals surface area contributed by atoms with Gasteiger partial charge < -0.3 is 9.47 Å². The Hall–Kier alpha value is -1.85. The molecule has 108 valence electrons. The van der Waals surface area contributed by atoms with E-state index < -0.39 is 0 Å². The van der Waals surface area contributed by atoms with E-state index in [0.29, 0.717) is 33.4 Å². The van der Waals surface area contributed by atoms with Gasteiger partial charge in [-0.1, -0.05) is 11.6 Å². The van der Waals surface area contributed by atoms with Crippen molar-refractivity contribution in [1.29, 1.82) is 0 Å². The summed E-state index contributed by atoms with van der Waals surface area (Å²) in [5.74, 6) is 1.88. The molecule has 0 unspecified atom stereocenters. The molecule has 0 spiro atoms. The van der Waals surface area contributed by atoms with Crippen molar-refractivity contribution in [1.82, 2.24) is 9.97 Å². The molecule has 0 aliphatic heterocycles. The SMILES string of the molecule is COc1cc(OC)c2nc(-c3ccc(C)s3)nc(Cl)c2c1. The summed E-state index contributed by atoms with van der Waals surface area (Å²) in [7, 11) is 3.19. The van der Waals surface area contributed by atoms with Gasteiger partial charge in [-0.25, -0.2) is 9.97 Å². The Morgan fingerprint density at radius 2 is 1.90 bits per heavy atom. The molecule has 0 saturated heterocycles. The summed E-state index contributed by atoms with van der Waals surface area (Å²) < 4.78 is 10.6. The third kappa shape index (κ3) is 2.54. The molecule has 0 aliphatic carbocycles. The zero-order valence-corrected chi connectivity index (χ0v) is 13.4. The van der Waals surface area contributed by atoms with Crippen LogP contribution in [0.1, 0.15) is 4.88 Å². The van der Waals surface area contributed by atoms with Crippen LogP contribution in [0, 0.1) is 6.92 Å². The van der Waals surface area contributed by atoms with Gasteiger partial charge >= 0.3 is 0 Å². The van der Waals surface area contributed by atoms with E-state index in [4.69, 9.17) is 21.1 Å². The molecule has 4 nitrogen and oxygen atoms in total. The molecule has 0 radical (unpaired) electrons. The summed E-state index contributed by atoms with van der Waals surface area (Å²) >= 11 is 7.95. The normalized spacial score (nSPS) is 10.9. The van der Waals surface area contributed by atoms with Gasteiger partial charge in [0.05, 0.1) is 19.1 Å². The summed E-state index contributed by atoms with van der Waals surface area (Å²) in [6, 6.07) is 7.62. The van der Waals surface area contributed by atoms with Crippen molar-refractivity contribution in [3.05, 3.63) is 34.3 Å². The lowest BCUT2D eigenvalue weighted by atomic mass is 10.2. The highest BCUT2D eigenvalue weighted by Crippen LogP contribution is 2.35. The number of halogens is 1. The first-order chi connectivity index (χ1) is 10.1. The van der Waals surface area contributed by atoms with E-state index in [1.807, 2.05) is 25.1 Å². The van der Waals surface area contributed by atoms with Crippen LogP contribution in [-0.2, 0) is 0 Å². The van der Waals surface area contributed by atoms with Crippen molar-refractivity contribution in [2.45, 2.75) is 6.92 Å². The lowest BCUT2D eigenvalue weighted by Crippen LogP contribution is -1.95. The molecular weight excluding hydrogens is 308 g/mol. The molecule has 0 N–H and O–H groups in total. The van der Waals surface area contributed by atoms with Crippen molar-refractivity contribution in [3.63, 3.8) is 0 Å². The number of benzene rings is 1.